The monoisotopic (exact) mass is 377 g/mol. The van der Waals surface area contributed by atoms with E-state index in [1.807, 2.05) is 6.07 Å². The Morgan fingerprint density at radius 3 is 2.31 bits per heavy atom. The van der Waals surface area contributed by atoms with Gasteiger partial charge in [-0.2, -0.15) is 0 Å². The third kappa shape index (κ3) is 7.67. The molecule has 0 amide bonds. The highest BCUT2D eigenvalue weighted by molar-refractivity contribution is 5.85. The number of unbranched alkanes of at least 4 members (excludes halogenated alkanes) is 3. The van der Waals surface area contributed by atoms with E-state index < -0.39 is 0 Å². The van der Waals surface area contributed by atoms with Crippen LogP contribution in [-0.4, -0.2) is 13.7 Å². The molecule has 0 saturated heterocycles. The van der Waals surface area contributed by atoms with E-state index in [2.05, 4.69) is 55.6 Å². The zero-order valence-corrected chi connectivity index (χ0v) is 17.0. The quantitative estimate of drug-likeness (QED) is 0.511. The molecule has 0 aliphatic rings. The largest absolute Gasteiger partial charge is 0.493 e. The number of hydrogen-bond donors (Lipinski definition) is 1. The Kier molecular flexibility index (Phi) is 10.8. The van der Waals surface area contributed by atoms with E-state index in [1.54, 1.807) is 7.11 Å². The van der Waals surface area contributed by atoms with E-state index in [9.17, 15) is 0 Å². The minimum atomic E-state index is 0. The number of rotatable bonds is 11. The molecule has 0 bridgehead atoms. The molecule has 0 saturated carbocycles. The van der Waals surface area contributed by atoms with E-state index >= 15 is 0 Å². The molecule has 0 aromatic heterocycles. The predicted molar refractivity (Wildman–Crippen MR) is 112 cm³/mol. The molecule has 0 unspecified atom stereocenters. The minimum absolute atomic E-state index is 0. The van der Waals surface area contributed by atoms with Crippen molar-refractivity contribution in [1.29, 1.82) is 0 Å². The van der Waals surface area contributed by atoms with Crippen molar-refractivity contribution in [3.63, 3.8) is 0 Å². The highest BCUT2D eigenvalue weighted by Crippen LogP contribution is 2.28. The van der Waals surface area contributed by atoms with E-state index in [-0.39, 0.29) is 12.4 Å². The van der Waals surface area contributed by atoms with Crippen LogP contribution in [0.5, 0.6) is 11.5 Å². The Labute approximate surface area is 164 Å². The summed E-state index contributed by atoms with van der Waals surface area (Å²) in [6, 6.07) is 14.6. The van der Waals surface area contributed by atoms with Gasteiger partial charge in [0.25, 0.3) is 0 Å². The summed E-state index contributed by atoms with van der Waals surface area (Å²) < 4.78 is 11.4. The molecule has 0 aliphatic carbocycles. The lowest BCUT2D eigenvalue weighted by Crippen LogP contribution is -2.14. The summed E-state index contributed by atoms with van der Waals surface area (Å²) in [6.07, 6.45) is 5.14. The molecule has 2 aromatic rings. The van der Waals surface area contributed by atoms with Crippen molar-refractivity contribution in [1.82, 2.24) is 5.32 Å². The molecule has 0 spiro atoms. The van der Waals surface area contributed by atoms with Gasteiger partial charge in [-0.1, -0.05) is 62.1 Å². The van der Waals surface area contributed by atoms with Gasteiger partial charge in [0.15, 0.2) is 11.5 Å². The molecular weight excluding hydrogens is 346 g/mol. The number of aryl methyl sites for hydroxylation is 1. The summed E-state index contributed by atoms with van der Waals surface area (Å²) in [4.78, 5) is 0. The Hall–Kier alpha value is -1.71. The molecular formula is C22H32ClNO2. The van der Waals surface area contributed by atoms with Crippen molar-refractivity contribution in [3.8, 4) is 11.5 Å². The molecule has 0 radical (unpaired) electrons. The van der Waals surface area contributed by atoms with Crippen LogP contribution >= 0.6 is 12.4 Å². The average molecular weight is 378 g/mol. The maximum absolute atomic E-state index is 5.93. The van der Waals surface area contributed by atoms with Crippen LogP contribution in [0, 0.1) is 6.92 Å². The molecule has 2 rings (SSSR count). The Morgan fingerprint density at radius 2 is 1.62 bits per heavy atom. The van der Waals surface area contributed by atoms with Crippen LogP contribution < -0.4 is 14.8 Å². The second-order valence-electron chi connectivity index (χ2n) is 6.50. The second kappa shape index (κ2) is 12.6. The molecule has 26 heavy (non-hydrogen) atoms. The Morgan fingerprint density at radius 1 is 0.885 bits per heavy atom. The number of hydrogen-bond acceptors (Lipinski definition) is 3. The van der Waals surface area contributed by atoms with E-state index in [0.717, 1.165) is 30.2 Å². The van der Waals surface area contributed by atoms with Gasteiger partial charge in [-0.3, -0.25) is 0 Å². The van der Waals surface area contributed by atoms with Crippen molar-refractivity contribution in [2.45, 2.75) is 52.7 Å². The summed E-state index contributed by atoms with van der Waals surface area (Å²) in [5.74, 6) is 1.58. The normalized spacial score (nSPS) is 10.3. The van der Waals surface area contributed by atoms with Gasteiger partial charge in [0.1, 0.15) is 6.61 Å². The fourth-order valence-electron chi connectivity index (χ4n) is 2.70. The van der Waals surface area contributed by atoms with Crippen molar-refractivity contribution in [3.05, 3.63) is 59.2 Å². The lowest BCUT2D eigenvalue weighted by Gasteiger charge is -2.13. The van der Waals surface area contributed by atoms with Gasteiger partial charge in [0.2, 0.25) is 0 Å². The SMILES string of the molecule is CCCCCCNCc1ccc(OCc2ccc(C)cc2)c(OC)c1.Cl. The average Bonchev–Trinajstić information content (AvgIpc) is 2.64. The van der Waals surface area contributed by atoms with Crippen molar-refractivity contribution in [2.75, 3.05) is 13.7 Å². The van der Waals surface area contributed by atoms with Crippen molar-refractivity contribution < 1.29 is 9.47 Å². The third-order valence-electron chi connectivity index (χ3n) is 4.28. The zero-order chi connectivity index (χ0) is 17.9. The lowest BCUT2D eigenvalue weighted by atomic mass is 10.1. The highest BCUT2D eigenvalue weighted by atomic mass is 35.5. The summed E-state index contributed by atoms with van der Waals surface area (Å²) in [5.41, 5.74) is 3.63. The molecule has 0 aliphatic heterocycles. The third-order valence-corrected chi connectivity index (χ3v) is 4.28. The van der Waals surface area contributed by atoms with E-state index in [0.29, 0.717) is 6.61 Å². The number of benzene rings is 2. The van der Waals surface area contributed by atoms with Crippen LogP contribution in [0.25, 0.3) is 0 Å². The predicted octanol–water partition coefficient (Wildman–Crippen LogP) is 5.67. The molecule has 4 heteroatoms. The topological polar surface area (TPSA) is 30.5 Å². The smallest absolute Gasteiger partial charge is 0.161 e. The van der Waals surface area contributed by atoms with Gasteiger partial charge in [0, 0.05) is 6.54 Å². The lowest BCUT2D eigenvalue weighted by molar-refractivity contribution is 0.284. The first-order chi connectivity index (χ1) is 12.2. The highest BCUT2D eigenvalue weighted by Gasteiger charge is 2.06. The van der Waals surface area contributed by atoms with Crippen LogP contribution in [0.1, 0.15) is 49.3 Å². The molecule has 1 N–H and O–H groups in total. The number of nitrogens with one attached hydrogen (secondary N) is 1. The summed E-state index contributed by atoms with van der Waals surface area (Å²) in [6.45, 7) is 6.80. The fraction of sp³-hybridized carbons (Fsp3) is 0.455. The van der Waals surface area contributed by atoms with Gasteiger partial charge in [-0.05, 0) is 43.1 Å². The molecule has 3 nitrogen and oxygen atoms in total. The number of ether oxygens (including phenoxy) is 2. The summed E-state index contributed by atoms with van der Waals surface area (Å²) in [7, 11) is 1.69. The minimum Gasteiger partial charge on any atom is -0.493 e. The molecule has 144 valence electrons. The maximum atomic E-state index is 5.93. The standard InChI is InChI=1S/C22H31NO2.ClH/c1-4-5-6-7-14-23-16-20-12-13-21(22(15-20)24-3)25-17-19-10-8-18(2)9-11-19;/h8-13,15,23H,4-7,14,16-17H2,1-3H3;1H. The Bertz CT molecular complexity index is 629. The van der Waals surface area contributed by atoms with Crippen LogP contribution in [-0.2, 0) is 13.2 Å². The van der Waals surface area contributed by atoms with Gasteiger partial charge < -0.3 is 14.8 Å². The van der Waals surface area contributed by atoms with Crippen molar-refractivity contribution in [2.24, 2.45) is 0 Å². The molecule has 2 aromatic carbocycles. The van der Waals surface area contributed by atoms with E-state index in [4.69, 9.17) is 9.47 Å². The molecule has 0 fully saturated rings. The van der Waals surface area contributed by atoms with Crippen LogP contribution in [0.3, 0.4) is 0 Å². The van der Waals surface area contributed by atoms with Crippen LogP contribution in [0.2, 0.25) is 0 Å². The zero-order valence-electron chi connectivity index (χ0n) is 16.2. The number of methoxy groups -OCH3 is 1. The number of halogens is 1. The van der Waals surface area contributed by atoms with Gasteiger partial charge in [-0.15, -0.1) is 12.4 Å². The maximum Gasteiger partial charge on any atom is 0.161 e. The summed E-state index contributed by atoms with van der Waals surface area (Å²) >= 11 is 0. The van der Waals surface area contributed by atoms with Crippen LogP contribution in [0.4, 0.5) is 0 Å². The van der Waals surface area contributed by atoms with Gasteiger partial charge >= 0.3 is 0 Å². The van der Waals surface area contributed by atoms with Crippen LogP contribution in [0.15, 0.2) is 42.5 Å². The summed E-state index contributed by atoms with van der Waals surface area (Å²) in [5, 5.41) is 3.50. The first-order valence-corrected chi connectivity index (χ1v) is 9.29. The van der Waals surface area contributed by atoms with E-state index in [1.165, 1.54) is 36.8 Å². The molecule has 0 atom stereocenters. The first kappa shape index (κ1) is 22.3. The first-order valence-electron chi connectivity index (χ1n) is 9.29. The second-order valence-corrected chi connectivity index (χ2v) is 6.50. The molecule has 0 heterocycles. The van der Waals surface area contributed by atoms with Gasteiger partial charge in [-0.25, -0.2) is 0 Å². The fourth-order valence-corrected chi connectivity index (χ4v) is 2.70. The van der Waals surface area contributed by atoms with Gasteiger partial charge in [0.05, 0.1) is 7.11 Å². The Balaban J connectivity index is 0.00000338. The van der Waals surface area contributed by atoms with Crippen molar-refractivity contribution >= 4 is 12.4 Å².